The molecular weight excluding hydrogens is 115 g/mol. The van der Waals surface area contributed by atoms with Crippen molar-refractivity contribution in [2.75, 3.05) is 0 Å². The van der Waals surface area contributed by atoms with Gasteiger partial charge < -0.3 is 0 Å². The number of hydrogen-bond donors (Lipinski definition) is 1. The first-order valence-corrected chi connectivity index (χ1v) is 2.22. The van der Waals surface area contributed by atoms with E-state index in [2.05, 4.69) is 10.1 Å². The number of hydrogen-bond acceptors (Lipinski definition) is 3. The topological polar surface area (TPSA) is 76.3 Å². The zero-order valence-electron chi connectivity index (χ0n) is 4.42. The Labute approximate surface area is 52.0 Å². The Bertz CT molecular complexity index is 260. The van der Waals surface area contributed by atoms with E-state index in [9.17, 15) is 0 Å². The van der Waals surface area contributed by atoms with Crippen molar-refractivity contribution in [3.05, 3.63) is 11.2 Å². The predicted octanol–water partition coefficient (Wildman–Crippen LogP) is -0.509. The molecule has 9 heavy (non-hydrogen) atoms. The molecule has 0 unspecified atom stereocenters. The first-order chi connectivity index (χ1) is 4.38. The normalized spacial score (nSPS) is 7.33. The van der Waals surface area contributed by atoms with Crippen molar-refractivity contribution < 1.29 is 0 Å². The van der Waals surface area contributed by atoms with Crippen LogP contribution in [0, 0.1) is 22.7 Å². The van der Waals surface area contributed by atoms with Crippen LogP contribution in [-0.4, -0.2) is 17.2 Å². The van der Waals surface area contributed by atoms with Crippen LogP contribution in [-0.2, 0) is 0 Å². The number of aromatic amines is 1. The van der Waals surface area contributed by atoms with Crippen molar-refractivity contribution in [2.45, 2.75) is 0 Å². The summed E-state index contributed by atoms with van der Waals surface area (Å²) in [5, 5.41) is 22.4. The SMILES string of the molecule is N#Cc1b[nH]nc1C#N. The van der Waals surface area contributed by atoms with E-state index in [1.54, 1.807) is 6.07 Å². The van der Waals surface area contributed by atoms with Crippen LogP contribution in [0.5, 0.6) is 0 Å². The Hall–Kier alpha value is -1.62. The van der Waals surface area contributed by atoms with Crippen molar-refractivity contribution in [3.63, 3.8) is 0 Å². The van der Waals surface area contributed by atoms with Gasteiger partial charge in [-0.05, 0) is 0 Å². The van der Waals surface area contributed by atoms with Gasteiger partial charge in [0.2, 0.25) is 0 Å². The second-order valence-electron chi connectivity index (χ2n) is 1.37. The second-order valence-corrected chi connectivity index (χ2v) is 1.37. The molecule has 0 aliphatic carbocycles. The van der Waals surface area contributed by atoms with Crippen molar-refractivity contribution in [1.82, 2.24) is 10.1 Å². The molecule has 0 atom stereocenters. The number of H-pyrrole nitrogens is 1. The molecule has 0 aromatic carbocycles. The molecule has 0 saturated heterocycles. The monoisotopic (exact) mass is 116 g/mol. The maximum atomic E-state index is 8.28. The van der Waals surface area contributed by atoms with Crippen LogP contribution >= 0.6 is 0 Å². The summed E-state index contributed by atoms with van der Waals surface area (Å²) in [6.45, 7) is 0. The first-order valence-electron chi connectivity index (χ1n) is 2.22. The van der Waals surface area contributed by atoms with Gasteiger partial charge in [0.05, 0.1) is 0 Å². The summed E-state index contributed by atoms with van der Waals surface area (Å²) < 4.78 is 0. The van der Waals surface area contributed by atoms with Gasteiger partial charge in [-0.25, -0.2) is 0 Å². The summed E-state index contributed by atoms with van der Waals surface area (Å²) in [4.78, 5) is 0. The Kier molecular flexibility index (Phi) is 1.29. The summed E-state index contributed by atoms with van der Waals surface area (Å²) in [5.74, 6) is 0. The van der Waals surface area contributed by atoms with Gasteiger partial charge in [0.15, 0.2) is 0 Å². The molecular formula is C4HBN4. The third kappa shape index (κ3) is 0.800. The molecule has 0 radical (unpaired) electrons. The van der Waals surface area contributed by atoms with E-state index < -0.39 is 0 Å². The van der Waals surface area contributed by atoms with Crippen molar-refractivity contribution in [3.8, 4) is 12.1 Å². The molecule has 1 heterocycles. The first kappa shape index (κ1) is 5.52. The van der Waals surface area contributed by atoms with Crippen LogP contribution < -0.4 is 0 Å². The molecule has 0 saturated carbocycles. The molecule has 1 N–H and O–H groups in total. The molecule has 0 aliphatic heterocycles. The summed E-state index contributed by atoms with van der Waals surface area (Å²) >= 11 is 0. The number of nitriles is 2. The third-order valence-electron chi connectivity index (χ3n) is 0.867. The van der Waals surface area contributed by atoms with Gasteiger partial charge in [0.1, 0.15) is 0 Å². The minimum absolute atomic E-state index is 0.150. The predicted molar refractivity (Wildman–Crippen MR) is 29.4 cm³/mol. The van der Waals surface area contributed by atoms with Crippen LogP contribution in [0.4, 0.5) is 0 Å². The van der Waals surface area contributed by atoms with Crippen LogP contribution in [0.3, 0.4) is 0 Å². The van der Waals surface area contributed by atoms with Crippen molar-refractivity contribution >= 4 is 7.05 Å². The number of nitrogens with zero attached hydrogens (tertiary/aromatic N) is 3. The summed E-state index contributed by atoms with van der Waals surface area (Å²) in [6, 6.07) is 3.57. The maximum absolute atomic E-state index is 8.28. The van der Waals surface area contributed by atoms with E-state index >= 15 is 0 Å². The molecule has 1 aromatic heterocycles. The Morgan fingerprint density at radius 3 is 2.67 bits per heavy atom. The van der Waals surface area contributed by atoms with Gasteiger partial charge in [-0.3, -0.25) is 0 Å². The fraction of sp³-hybridized carbons (Fsp3) is 0. The van der Waals surface area contributed by atoms with E-state index in [0.717, 1.165) is 0 Å². The Balaban J connectivity index is 3.22. The molecule has 1 rings (SSSR count). The summed E-state index contributed by atoms with van der Waals surface area (Å²) in [6.07, 6.45) is 0. The van der Waals surface area contributed by atoms with E-state index in [-0.39, 0.29) is 11.2 Å². The molecule has 1 aromatic rings. The zero-order chi connectivity index (χ0) is 6.69. The fourth-order valence-electron chi connectivity index (χ4n) is 0.460. The summed E-state index contributed by atoms with van der Waals surface area (Å²) in [7, 11) is 1.39. The van der Waals surface area contributed by atoms with Gasteiger partial charge in [0, 0.05) is 0 Å². The molecule has 40 valence electrons. The van der Waals surface area contributed by atoms with E-state index in [4.69, 9.17) is 10.5 Å². The van der Waals surface area contributed by atoms with E-state index in [0.29, 0.717) is 0 Å². The van der Waals surface area contributed by atoms with Crippen LogP contribution in [0.15, 0.2) is 0 Å². The van der Waals surface area contributed by atoms with Gasteiger partial charge in [-0.2, -0.15) is 0 Å². The van der Waals surface area contributed by atoms with Gasteiger partial charge >= 0.3 is 51.0 Å². The van der Waals surface area contributed by atoms with Crippen molar-refractivity contribution in [2.24, 2.45) is 0 Å². The zero-order valence-corrected chi connectivity index (χ0v) is 4.42. The summed E-state index contributed by atoms with van der Waals surface area (Å²) in [5.41, 5.74) is 0.440. The Morgan fingerprint density at radius 1 is 1.44 bits per heavy atom. The van der Waals surface area contributed by atoms with Crippen LogP contribution in [0.25, 0.3) is 0 Å². The minimum atomic E-state index is 0.150. The van der Waals surface area contributed by atoms with E-state index in [1.807, 2.05) is 6.07 Å². The molecule has 0 fully saturated rings. The van der Waals surface area contributed by atoms with Crippen LogP contribution in [0.1, 0.15) is 11.2 Å². The Morgan fingerprint density at radius 2 is 2.22 bits per heavy atom. The number of rotatable bonds is 0. The van der Waals surface area contributed by atoms with Crippen molar-refractivity contribution in [1.29, 1.82) is 10.5 Å². The molecule has 0 spiro atoms. The van der Waals surface area contributed by atoms with E-state index in [1.165, 1.54) is 7.05 Å². The molecule has 5 heteroatoms. The van der Waals surface area contributed by atoms with Gasteiger partial charge in [-0.15, -0.1) is 0 Å². The molecule has 0 amide bonds. The van der Waals surface area contributed by atoms with Gasteiger partial charge in [0.25, 0.3) is 0 Å². The number of aromatic nitrogens is 2. The molecule has 4 nitrogen and oxygen atoms in total. The standard InChI is InChI=1S/C4HBN4/c6-1-3-4(2-7)8-9-5-3/h9H. The molecule has 0 bridgehead atoms. The second kappa shape index (κ2) is 2.10. The number of nitrogens with one attached hydrogen (secondary N) is 1. The third-order valence-corrected chi connectivity index (χ3v) is 0.867. The average molecular weight is 116 g/mol. The molecule has 0 aliphatic rings. The average Bonchev–Trinajstić information content (AvgIpc) is 2.33. The quantitative estimate of drug-likeness (QED) is 0.495. The van der Waals surface area contributed by atoms with Crippen LogP contribution in [0.2, 0.25) is 0 Å². The fourth-order valence-corrected chi connectivity index (χ4v) is 0.460. The van der Waals surface area contributed by atoms with Gasteiger partial charge in [-0.1, -0.05) is 0 Å².